The highest BCUT2D eigenvalue weighted by Gasteiger charge is 2.52. The molecule has 1 aromatic carbocycles. The van der Waals surface area contributed by atoms with Crippen LogP contribution in [0.2, 0.25) is 0 Å². The van der Waals surface area contributed by atoms with E-state index in [1.54, 1.807) is 37.8 Å². The third-order valence-corrected chi connectivity index (χ3v) is 8.57. The number of nitrogens with one attached hydrogen (secondary N) is 1. The molecule has 0 radical (unpaired) electrons. The molecule has 0 aromatic heterocycles. The Hall–Kier alpha value is -2.70. The summed E-state index contributed by atoms with van der Waals surface area (Å²) in [6.07, 6.45) is 3.98. The van der Waals surface area contributed by atoms with Crippen LogP contribution in [0.25, 0.3) is 0 Å². The monoisotopic (exact) mass is 526 g/mol. The molecule has 2 bridgehead atoms. The maximum absolute atomic E-state index is 15.2. The molecule has 4 fully saturated rings. The molecule has 3 aliphatic heterocycles. The Kier molecular flexibility index (Phi) is 7.65. The fraction of sp³-hybridized carbons (Fsp3) is 0.690. The van der Waals surface area contributed by atoms with E-state index < -0.39 is 23.8 Å². The van der Waals surface area contributed by atoms with Gasteiger partial charge in [-0.2, -0.15) is 5.26 Å². The zero-order valence-electron chi connectivity index (χ0n) is 22.6. The smallest absolute Gasteiger partial charge is 0.411 e. The van der Waals surface area contributed by atoms with Crippen LogP contribution in [0.15, 0.2) is 18.2 Å². The highest BCUT2D eigenvalue weighted by atomic mass is 19.1. The molecule has 3 heterocycles. The molecule has 1 saturated carbocycles. The first-order valence-corrected chi connectivity index (χ1v) is 13.9. The number of nitrogens with zero attached hydrogens (tertiary/aromatic N) is 3. The number of rotatable bonds is 5. The van der Waals surface area contributed by atoms with Crippen LogP contribution in [0.5, 0.6) is 0 Å². The molecular formula is C29H39FN4O4. The summed E-state index contributed by atoms with van der Waals surface area (Å²) in [5.74, 6) is -0.392. The van der Waals surface area contributed by atoms with Crippen molar-refractivity contribution in [3.63, 3.8) is 0 Å². The lowest BCUT2D eigenvalue weighted by atomic mass is 9.84. The first-order valence-electron chi connectivity index (χ1n) is 13.9. The third-order valence-electron chi connectivity index (χ3n) is 8.57. The van der Waals surface area contributed by atoms with Gasteiger partial charge >= 0.3 is 6.09 Å². The maximum Gasteiger partial charge on any atom is 0.411 e. The van der Waals surface area contributed by atoms with E-state index in [4.69, 9.17) is 9.47 Å². The van der Waals surface area contributed by atoms with Crippen LogP contribution in [-0.2, 0) is 20.7 Å². The number of carbonyl (C=O) groups is 2. The lowest BCUT2D eigenvalue weighted by molar-refractivity contribution is -0.128. The molecule has 38 heavy (non-hydrogen) atoms. The first-order chi connectivity index (χ1) is 18.1. The molecule has 1 N–H and O–H groups in total. The minimum absolute atomic E-state index is 0.0248. The predicted molar refractivity (Wildman–Crippen MR) is 139 cm³/mol. The highest BCUT2D eigenvalue weighted by molar-refractivity contribution is 5.87. The number of piperidine rings is 2. The second-order valence-corrected chi connectivity index (χ2v) is 12.3. The summed E-state index contributed by atoms with van der Waals surface area (Å²) in [5.41, 5.74) is 0.708. The molecule has 3 saturated heterocycles. The summed E-state index contributed by atoms with van der Waals surface area (Å²) in [6, 6.07) is 6.21. The second kappa shape index (κ2) is 10.8. The van der Waals surface area contributed by atoms with Crippen LogP contribution in [0.4, 0.5) is 9.18 Å². The lowest BCUT2D eigenvalue weighted by Crippen LogP contribution is -2.55. The number of nitriles is 1. The molecule has 206 valence electrons. The number of halogens is 1. The summed E-state index contributed by atoms with van der Waals surface area (Å²) in [4.78, 5) is 30.2. The number of carbonyl (C=O) groups excluding carboxylic acids is 2. The van der Waals surface area contributed by atoms with E-state index in [0.717, 1.165) is 64.0 Å². The van der Waals surface area contributed by atoms with Crippen molar-refractivity contribution in [2.75, 3.05) is 26.3 Å². The van der Waals surface area contributed by atoms with Crippen molar-refractivity contribution in [3.05, 3.63) is 35.1 Å². The van der Waals surface area contributed by atoms with Crippen molar-refractivity contribution >= 4 is 12.0 Å². The van der Waals surface area contributed by atoms with Crippen molar-refractivity contribution in [2.24, 2.45) is 5.92 Å². The van der Waals surface area contributed by atoms with Gasteiger partial charge in [0.25, 0.3) is 0 Å². The van der Waals surface area contributed by atoms with Crippen LogP contribution in [0.3, 0.4) is 0 Å². The topological polar surface area (TPSA) is 94.9 Å². The van der Waals surface area contributed by atoms with E-state index in [2.05, 4.69) is 16.3 Å². The van der Waals surface area contributed by atoms with E-state index >= 15 is 4.39 Å². The Morgan fingerprint density at radius 1 is 1.21 bits per heavy atom. The molecule has 8 nitrogen and oxygen atoms in total. The largest absolute Gasteiger partial charge is 0.444 e. The number of amides is 2. The Balaban J connectivity index is 1.22. The predicted octanol–water partition coefficient (Wildman–Crippen LogP) is 3.74. The van der Waals surface area contributed by atoms with Crippen LogP contribution in [0, 0.1) is 23.1 Å². The average Bonchev–Trinajstić information content (AvgIpc) is 3.50. The SMILES string of the molecule is CC(C)(C)OC(=O)N1[C@@H]2CC[C@@H](C2)[C@H]1C(=O)N[C@H](C#N)Cc1ccc([C@@H]2CCN3CCOC[C@H]3C2)cc1F. The minimum atomic E-state index is -0.898. The number of hydrogen-bond donors (Lipinski definition) is 1. The van der Waals surface area contributed by atoms with E-state index in [-0.39, 0.29) is 36.0 Å². The average molecular weight is 527 g/mol. The molecule has 1 aliphatic carbocycles. The van der Waals surface area contributed by atoms with Crippen molar-refractivity contribution < 1.29 is 23.5 Å². The molecule has 5 rings (SSSR count). The summed E-state index contributed by atoms with van der Waals surface area (Å²) in [6.45, 7) is 8.86. The maximum atomic E-state index is 15.2. The van der Waals surface area contributed by atoms with Gasteiger partial charge in [-0.1, -0.05) is 12.1 Å². The van der Waals surface area contributed by atoms with Crippen LogP contribution in [0.1, 0.15) is 69.9 Å². The van der Waals surface area contributed by atoms with Gasteiger partial charge in [0.05, 0.1) is 19.3 Å². The van der Waals surface area contributed by atoms with Gasteiger partial charge in [0, 0.05) is 25.0 Å². The highest BCUT2D eigenvalue weighted by Crippen LogP contribution is 2.43. The summed E-state index contributed by atoms with van der Waals surface area (Å²) in [7, 11) is 0. The van der Waals surface area contributed by atoms with E-state index in [1.165, 1.54) is 0 Å². The van der Waals surface area contributed by atoms with E-state index in [9.17, 15) is 14.9 Å². The third kappa shape index (κ3) is 5.67. The van der Waals surface area contributed by atoms with Gasteiger partial charge in [-0.15, -0.1) is 0 Å². The minimum Gasteiger partial charge on any atom is -0.444 e. The van der Waals surface area contributed by atoms with Crippen molar-refractivity contribution in [1.29, 1.82) is 5.26 Å². The van der Waals surface area contributed by atoms with Gasteiger partial charge in [0.2, 0.25) is 5.91 Å². The van der Waals surface area contributed by atoms with Gasteiger partial charge in [0.1, 0.15) is 23.5 Å². The first kappa shape index (κ1) is 26.9. The quantitative estimate of drug-likeness (QED) is 0.628. The van der Waals surface area contributed by atoms with Gasteiger partial charge in [-0.25, -0.2) is 9.18 Å². The number of ether oxygens (including phenoxy) is 2. The van der Waals surface area contributed by atoms with Gasteiger partial charge in [0.15, 0.2) is 0 Å². The van der Waals surface area contributed by atoms with Crippen LogP contribution < -0.4 is 5.32 Å². The fourth-order valence-corrected chi connectivity index (χ4v) is 6.76. The number of benzene rings is 1. The molecule has 4 aliphatic rings. The standard InChI is InChI=1S/C29H39FN4O4/c1-29(2,3)38-28(36)34-23-7-6-21(14-23)26(34)27(35)32-22(16-31)12-20-5-4-18(15-25(20)30)19-8-9-33-10-11-37-17-24(33)13-19/h4-5,15,19,21-24,26H,6-14,17H2,1-3H3,(H,32,35)/t19-,21+,22+,23-,24-,26+/m1/s1. The molecule has 2 amide bonds. The summed E-state index contributed by atoms with van der Waals surface area (Å²) >= 11 is 0. The summed E-state index contributed by atoms with van der Waals surface area (Å²) in [5, 5.41) is 12.6. The van der Waals surface area contributed by atoms with Gasteiger partial charge in [-0.3, -0.25) is 14.6 Å². The zero-order valence-corrected chi connectivity index (χ0v) is 22.6. The number of morpholine rings is 1. The van der Waals surface area contributed by atoms with Crippen molar-refractivity contribution in [3.8, 4) is 6.07 Å². The van der Waals surface area contributed by atoms with Gasteiger partial charge < -0.3 is 14.8 Å². The fourth-order valence-electron chi connectivity index (χ4n) is 6.76. The molecule has 6 atom stereocenters. The number of hydrogen-bond acceptors (Lipinski definition) is 6. The molecule has 9 heteroatoms. The number of likely N-dealkylation sites (tertiary alicyclic amines) is 1. The second-order valence-electron chi connectivity index (χ2n) is 12.3. The summed E-state index contributed by atoms with van der Waals surface area (Å²) < 4.78 is 26.4. The normalized spacial score (nSPS) is 29.9. The van der Waals surface area contributed by atoms with E-state index in [1.807, 2.05) is 6.07 Å². The van der Waals surface area contributed by atoms with Crippen molar-refractivity contribution in [2.45, 2.75) is 95.0 Å². The molecular weight excluding hydrogens is 487 g/mol. The molecule has 1 aromatic rings. The van der Waals surface area contributed by atoms with Crippen LogP contribution >= 0.6 is 0 Å². The Labute approximate surface area is 224 Å². The molecule has 0 unspecified atom stereocenters. The van der Waals surface area contributed by atoms with Gasteiger partial charge in [-0.05, 0) is 88.4 Å². The molecule has 0 spiro atoms. The Morgan fingerprint density at radius 2 is 2.03 bits per heavy atom. The zero-order chi connectivity index (χ0) is 27.0. The van der Waals surface area contributed by atoms with Crippen molar-refractivity contribution in [1.82, 2.24) is 15.1 Å². The van der Waals surface area contributed by atoms with E-state index in [0.29, 0.717) is 11.6 Å². The lowest BCUT2D eigenvalue weighted by Gasteiger charge is -2.42. The number of fused-ring (bicyclic) bond motifs is 3. The van der Waals surface area contributed by atoms with Crippen LogP contribution in [-0.4, -0.2) is 77.9 Å². The Bertz CT molecular complexity index is 1100. The Morgan fingerprint density at radius 3 is 2.76 bits per heavy atom.